The van der Waals surface area contributed by atoms with Gasteiger partial charge in [-0.3, -0.25) is 4.79 Å². The Bertz CT molecular complexity index is 962. The Kier molecular flexibility index (Phi) is 4.44. The largest absolute Gasteiger partial charge is 0.368 e. The predicted octanol–water partition coefficient (Wildman–Crippen LogP) is 2.77. The van der Waals surface area contributed by atoms with Crippen LogP contribution in [0.5, 0.6) is 0 Å². The van der Waals surface area contributed by atoms with Gasteiger partial charge in [-0.15, -0.1) is 0 Å². The molecule has 1 N–H and O–H groups in total. The van der Waals surface area contributed by atoms with Crippen LogP contribution in [-0.4, -0.2) is 58.5 Å². The molecule has 0 radical (unpaired) electrons. The van der Waals surface area contributed by atoms with Crippen LogP contribution < -0.4 is 4.90 Å². The first-order valence-corrected chi connectivity index (χ1v) is 9.84. The highest BCUT2D eigenvalue weighted by molar-refractivity contribution is 5.98. The number of para-hydroxylation sites is 1. The number of nitrogens with zero attached hydrogens (tertiary/aromatic N) is 4. The van der Waals surface area contributed by atoms with Crippen LogP contribution in [0.15, 0.2) is 42.6 Å². The number of H-pyrrole nitrogens is 1. The number of ether oxygens (including phenoxy) is 1. The molecule has 1 amide bonds. The zero-order valence-corrected chi connectivity index (χ0v) is 15.7. The molecule has 2 fully saturated rings. The summed E-state index contributed by atoms with van der Waals surface area (Å²) in [6, 6.07) is 11.7. The van der Waals surface area contributed by atoms with Crippen molar-refractivity contribution in [2.45, 2.75) is 18.9 Å². The Balaban J connectivity index is 1.34. The van der Waals surface area contributed by atoms with Crippen LogP contribution in [0, 0.1) is 0 Å². The number of anilines is 1. The minimum atomic E-state index is -0.230. The van der Waals surface area contributed by atoms with E-state index in [1.54, 1.807) is 6.20 Å². The topological polar surface area (TPSA) is 74.3 Å². The SMILES string of the molecule is O=C(c1cc2ccccc2[nH]1)N1CCO[C@H](c2ccnc(N3CCCC3)n2)C1. The summed E-state index contributed by atoms with van der Waals surface area (Å²) in [6.07, 6.45) is 3.92. The Morgan fingerprint density at radius 2 is 2.00 bits per heavy atom. The maximum atomic E-state index is 13.0. The van der Waals surface area contributed by atoms with Gasteiger partial charge in [0.25, 0.3) is 5.91 Å². The Morgan fingerprint density at radius 3 is 2.86 bits per heavy atom. The van der Waals surface area contributed by atoms with Crippen molar-refractivity contribution < 1.29 is 9.53 Å². The van der Waals surface area contributed by atoms with Gasteiger partial charge in [0.15, 0.2) is 0 Å². The molecule has 2 aliphatic rings. The highest BCUT2D eigenvalue weighted by atomic mass is 16.5. The maximum Gasteiger partial charge on any atom is 0.270 e. The van der Waals surface area contributed by atoms with E-state index in [-0.39, 0.29) is 12.0 Å². The molecule has 2 aliphatic heterocycles. The summed E-state index contributed by atoms with van der Waals surface area (Å²) >= 11 is 0. The highest BCUT2D eigenvalue weighted by Gasteiger charge is 2.28. The number of hydrogen-bond acceptors (Lipinski definition) is 5. The van der Waals surface area contributed by atoms with Crippen molar-refractivity contribution in [2.75, 3.05) is 37.7 Å². The highest BCUT2D eigenvalue weighted by Crippen LogP contribution is 2.25. The summed E-state index contributed by atoms with van der Waals surface area (Å²) in [4.78, 5) is 29.4. The summed E-state index contributed by atoms with van der Waals surface area (Å²) in [5.41, 5.74) is 2.43. The van der Waals surface area contributed by atoms with Gasteiger partial charge in [0, 0.05) is 36.7 Å². The van der Waals surface area contributed by atoms with Crippen molar-refractivity contribution in [3.8, 4) is 0 Å². The van der Waals surface area contributed by atoms with Crippen molar-refractivity contribution >= 4 is 22.8 Å². The fraction of sp³-hybridized carbons (Fsp3) is 0.381. The minimum absolute atomic E-state index is 0.00155. The van der Waals surface area contributed by atoms with Crippen LogP contribution in [0.25, 0.3) is 10.9 Å². The molecular formula is C21H23N5O2. The molecule has 3 aromatic rings. The van der Waals surface area contributed by atoms with E-state index in [1.807, 2.05) is 41.3 Å². The summed E-state index contributed by atoms with van der Waals surface area (Å²) in [7, 11) is 0. The second kappa shape index (κ2) is 7.24. The maximum absolute atomic E-state index is 13.0. The van der Waals surface area contributed by atoms with Crippen molar-refractivity contribution in [3.63, 3.8) is 0 Å². The van der Waals surface area contributed by atoms with E-state index in [0.717, 1.165) is 35.6 Å². The number of aromatic amines is 1. The first-order chi connectivity index (χ1) is 13.8. The number of benzene rings is 1. The van der Waals surface area contributed by atoms with Crippen LogP contribution in [0.2, 0.25) is 0 Å². The normalized spacial score (nSPS) is 20.1. The lowest BCUT2D eigenvalue weighted by molar-refractivity contribution is -0.0249. The Labute approximate surface area is 163 Å². The molecule has 4 heterocycles. The summed E-state index contributed by atoms with van der Waals surface area (Å²) in [6.45, 7) is 3.57. The number of fused-ring (bicyclic) bond motifs is 1. The number of rotatable bonds is 3. The number of aromatic nitrogens is 3. The van der Waals surface area contributed by atoms with E-state index in [9.17, 15) is 4.79 Å². The molecule has 1 aromatic carbocycles. The molecule has 0 spiro atoms. The summed E-state index contributed by atoms with van der Waals surface area (Å²) < 4.78 is 5.94. The molecular weight excluding hydrogens is 354 g/mol. The van der Waals surface area contributed by atoms with Gasteiger partial charge < -0.3 is 19.5 Å². The standard InChI is InChI=1S/C21H23N5O2/c27-20(18-13-15-5-1-2-6-16(15)23-18)26-11-12-28-19(14-26)17-7-8-22-21(24-17)25-9-3-4-10-25/h1-2,5-8,13,19,23H,3-4,9-12,14H2/t19-/m0/s1. The number of carbonyl (C=O) groups is 1. The molecule has 0 unspecified atom stereocenters. The smallest absolute Gasteiger partial charge is 0.270 e. The van der Waals surface area contributed by atoms with Crippen molar-refractivity contribution in [1.29, 1.82) is 0 Å². The van der Waals surface area contributed by atoms with Gasteiger partial charge in [-0.25, -0.2) is 9.97 Å². The van der Waals surface area contributed by atoms with Gasteiger partial charge in [0.2, 0.25) is 5.95 Å². The van der Waals surface area contributed by atoms with Crippen LogP contribution in [0.3, 0.4) is 0 Å². The quantitative estimate of drug-likeness (QED) is 0.760. The molecule has 7 nitrogen and oxygen atoms in total. The van der Waals surface area contributed by atoms with Crippen molar-refractivity contribution in [3.05, 3.63) is 54.0 Å². The minimum Gasteiger partial charge on any atom is -0.368 e. The van der Waals surface area contributed by atoms with Crippen LogP contribution in [0.1, 0.15) is 35.1 Å². The number of morpholine rings is 1. The van der Waals surface area contributed by atoms with E-state index >= 15 is 0 Å². The third-order valence-corrected chi connectivity index (χ3v) is 5.50. The zero-order chi connectivity index (χ0) is 18.9. The van der Waals surface area contributed by atoms with E-state index in [2.05, 4.69) is 14.9 Å². The second-order valence-electron chi connectivity index (χ2n) is 7.36. The molecule has 0 saturated carbocycles. The van der Waals surface area contributed by atoms with Gasteiger partial charge in [0.1, 0.15) is 11.8 Å². The fourth-order valence-electron chi connectivity index (χ4n) is 3.98. The van der Waals surface area contributed by atoms with Gasteiger partial charge in [-0.1, -0.05) is 18.2 Å². The Hall–Kier alpha value is -2.93. The third kappa shape index (κ3) is 3.22. The fourth-order valence-corrected chi connectivity index (χ4v) is 3.98. The second-order valence-corrected chi connectivity index (χ2v) is 7.36. The molecule has 7 heteroatoms. The molecule has 0 aliphatic carbocycles. The van der Waals surface area contributed by atoms with E-state index in [0.29, 0.717) is 25.4 Å². The lowest BCUT2D eigenvalue weighted by atomic mass is 10.2. The van der Waals surface area contributed by atoms with Crippen LogP contribution >= 0.6 is 0 Å². The average Bonchev–Trinajstić information content (AvgIpc) is 3.43. The molecule has 2 aromatic heterocycles. The van der Waals surface area contributed by atoms with Crippen molar-refractivity contribution in [1.82, 2.24) is 19.9 Å². The number of hydrogen-bond donors (Lipinski definition) is 1. The monoisotopic (exact) mass is 377 g/mol. The van der Waals surface area contributed by atoms with Crippen molar-refractivity contribution in [2.24, 2.45) is 0 Å². The van der Waals surface area contributed by atoms with Crippen LogP contribution in [0.4, 0.5) is 5.95 Å². The van der Waals surface area contributed by atoms with Gasteiger partial charge >= 0.3 is 0 Å². The van der Waals surface area contributed by atoms with Gasteiger partial charge in [0.05, 0.1) is 18.8 Å². The summed E-state index contributed by atoms with van der Waals surface area (Å²) in [5.74, 6) is 0.760. The number of nitrogens with one attached hydrogen (secondary N) is 1. The molecule has 144 valence electrons. The molecule has 5 rings (SSSR count). The molecule has 2 saturated heterocycles. The van der Waals surface area contributed by atoms with Gasteiger partial charge in [-0.05, 0) is 31.0 Å². The zero-order valence-electron chi connectivity index (χ0n) is 15.7. The molecule has 1 atom stereocenters. The Morgan fingerprint density at radius 1 is 1.14 bits per heavy atom. The van der Waals surface area contributed by atoms with E-state index in [1.165, 1.54) is 12.8 Å². The number of carbonyl (C=O) groups excluding carboxylic acids is 1. The average molecular weight is 377 g/mol. The predicted molar refractivity (Wildman–Crippen MR) is 106 cm³/mol. The first-order valence-electron chi connectivity index (χ1n) is 9.84. The van der Waals surface area contributed by atoms with E-state index in [4.69, 9.17) is 9.72 Å². The summed E-state index contributed by atoms with van der Waals surface area (Å²) in [5, 5.41) is 1.04. The molecule has 0 bridgehead atoms. The molecule has 28 heavy (non-hydrogen) atoms. The third-order valence-electron chi connectivity index (χ3n) is 5.50. The van der Waals surface area contributed by atoms with Gasteiger partial charge in [-0.2, -0.15) is 0 Å². The van der Waals surface area contributed by atoms with Crippen LogP contribution in [-0.2, 0) is 4.74 Å². The van der Waals surface area contributed by atoms with E-state index < -0.39 is 0 Å². The number of amides is 1. The lowest BCUT2D eigenvalue weighted by Crippen LogP contribution is -2.42. The first kappa shape index (κ1) is 17.2. The lowest BCUT2D eigenvalue weighted by Gasteiger charge is -2.32.